The number of carbonyl (C=O) groups excluding carboxylic acids is 6. The number of unbranched alkanes of at least 4 members (excludes halogenated alkanes) is 1. The summed E-state index contributed by atoms with van der Waals surface area (Å²) in [5, 5.41) is 6.20. The second kappa shape index (κ2) is 19.3. The Balaban J connectivity index is 1.03. The van der Waals surface area contributed by atoms with Crippen LogP contribution < -0.4 is 20.1 Å². The number of benzene rings is 3. The molecule has 3 amide bonds. The van der Waals surface area contributed by atoms with Gasteiger partial charge in [0.15, 0.2) is 5.78 Å². The summed E-state index contributed by atoms with van der Waals surface area (Å²) in [6.45, 7) is 3.43. The second-order valence-electron chi connectivity index (χ2n) is 14.2. The smallest absolute Gasteiger partial charge is 0.325 e. The average molecular weight is 799 g/mol. The Morgan fingerprint density at radius 3 is 2.55 bits per heavy atom. The number of ether oxygens (including phenoxy) is 4. The van der Waals surface area contributed by atoms with E-state index in [0.717, 1.165) is 33.3 Å². The fourth-order valence-electron chi connectivity index (χ4n) is 7.27. The molecule has 1 aromatic heterocycles. The topological polar surface area (TPSA) is 182 Å². The quantitative estimate of drug-likeness (QED) is 0.0632. The number of Topliss-reactive ketones (excluding diaryl/α,β-unsaturated/α-hetero) is 1. The van der Waals surface area contributed by atoms with Crippen LogP contribution in [0.5, 0.6) is 11.5 Å². The minimum absolute atomic E-state index is 0.0981. The van der Waals surface area contributed by atoms with E-state index in [1.54, 1.807) is 38.1 Å². The number of carbonyl (C=O) groups is 6. The maximum absolute atomic E-state index is 13.9. The van der Waals surface area contributed by atoms with E-state index in [1.807, 2.05) is 30.3 Å². The van der Waals surface area contributed by atoms with Gasteiger partial charge in [0.2, 0.25) is 17.7 Å². The summed E-state index contributed by atoms with van der Waals surface area (Å²) in [6.07, 6.45) is 0.753. The summed E-state index contributed by atoms with van der Waals surface area (Å²) < 4.78 is 36.0. The average Bonchev–Trinajstić information content (AvgIpc) is 3.59. The summed E-state index contributed by atoms with van der Waals surface area (Å²) in [5.74, 6) is -3.22. The molecule has 306 valence electrons. The van der Waals surface area contributed by atoms with Crippen LogP contribution >= 0.6 is 0 Å². The Kier molecular flexibility index (Phi) is 13.7. The van der Waals surface area contributed by atoms with Crippen molar-refractivity contribution in [2.45, 2.75) is 77.7 Å². The molecule has 14 nitrogen and oxygen atoms in total. The SMILES string of the molecule is CCNC(=O)C(CCCCC(=O)OCc1ccccc1)NC(=O)CC1C(CC(=O)COc2ccc3c(c2)OCc2c-3[nH]c3ccc(F)cc23)C(=O)N1CC(=O)OCC. The molecule has 0 saturated carbocycles. The lowest BCUT2D eigenvalue weighted by atomic mass is 9.81. The van der Waals surface area contributed by atoms with Crippen molar-refractivity contribution in [2.24, 2.45) is 5.92 Å². The molecule has 2 aliphatic rings. The summed E-state index contributed by atoms with van der Waals surface area (Å²) >= 11 is 0. The molecular formula is C43H47FN4O10. The van der Waals surface area contributed by atoms with E-state index in [2.05, 4.69) is 15.6 Å². The van der Waals surface area contributed by atoms with Gasteiger partial charge in [0.05, 0.1) is 24.3 Å². The molecule has 58 heavy (non-hydrogen) atoms. The highest BCUT2D eigenvalue weighted by Crippen LogP contribution is 2.42. The standard InChI is InChI=1S/C43H47FN4O10/c1-3-45-42(53)35(12-8-9-13-39(51)58-23-26-10-6-5-7-11-26)46-38(50)21-36-32(43(54)48(36)22-40(52)55-4-2)19-28(49)24-56-29-15-16-30-37(20-29)57-25-33-31-18-27(44)14-17-34(31)47-41(30)33/h5-7,10-11,14-18,20,32,35-36,47H,3-4,8-9,12-13,19,21-25H2,1-2H3,(H,45,53)(H,46,50). The highest BCUT2D eigenvalue weighted by atomic mass is 19.1. The number of halogens is 1. The molecule has 3 heterocycles. The van der Waals surface area contributed by atoms with Crippen molar-refractivity contribution < 1.29 is 52.1 Å². The van der Waals surface area contributed by atoms with E-state index in [9.17, 15) is 33.2 Å². The fraction of sp³-hybridized carbons (Fsp3) is 0.395. The number of ketones is 1. The van der Waals surface area contributed by atoms with E-state index in [4.69, 9.17) is 18.9 Å². The number of hydrogen-bond donors (Lipinski definition) is 3. The molecule has 1 saturated heterocycles. The molecule has 3 aromatic carbocycles. The summed E-state index contributed by atoms with van der Waals surface area (Å²) in [4.78, 5) is 82.0. The maximum atomic E-state index is 13.9. The minimum Gasteiger partial charge on any atom is -0.488 e. The first-order valence-corrected chi connectivity index (χ1v) is 19.5. The van der Waals surface area contributed by atoms with E-state index in [-0.39, 0.29) is 63.9 Å². The number of fused-ring (bicyclic) bond motifs is 5. The number of esters is 2. The number of H-pyrrole nitrogens is 1. The number of β-lactam (4-membered cyclic amide) rings is 1. The summed E-state index contributed by atoms with van der Waals surface area (Å²) in [5.41, 5.74) is 4.06. The molecule has 0 bridgehead atoms. The van der Waals surface area contributed by atoms with Crippen LogP contribution in [0.2, 0.25) is 0 Å². The minimum atomic E-state index is -0.915. The van der Waals surface area contributed by atoms with Crippen molar-refractivity contribution >= 4 is 46.3 Å². The zero-order valence-electron chi connectivity index (χ0n) is 32.5. The number of nitrogens with zero attached hydrogens (tertiary/aromatic N) is 1. The predicted octanol–water partition coefficient (Wildman–Crippen LogP) is 4.91. The molecule has 15 heteroatoms. The van der Waals surface area contributed by atoms with Gasteiger partial charge in [-0.15, -0.1) is 0 Å². The van der Waals surface area contributed by atoms with Crippen molar-refractivity contribution in [3.8, 4) is 22.8 Å². The first-order chi connectivity index (χ1) is 28.0. The Morgan fingerprint density at radius 1 is 0.966 bits per heavy atom. The molecular weight excluding hydrogens is 751 g/mol. The molecule has 2 aliphatic heterocycles. The van der Waals surface area contributed by atoms with Crippen LogP contribution in [0.15, 0.2) is 66.7 Å². The molecule has 3 unspecified atom stereocenters. The first kappa shape index (κ1) is 41.4. The van der Waals surface area contributed by atoms with Crippen LogP contribution in [0.3, 0.4) is 0 Å². The van der Waals surface area contributed by atoms with Crippen LogP contribution in [-0.4, -0.2) is 83.7 Å². The molecule has 0 spiro atoms. The van der Waals surface area contributed by atoms with Gasteiger partial charge in [0.25, 0.3) is 0 Å². The largest absolute Gasteiger partial charge is 0.488 e. The van der Waals surface area contributed by atoms with Gasteiger partial charge < -0.3 is 39.5 Å². The van der Waals surface area contributed by atoms with Gasteiger partial charge in [-0.3, -0.25) is 28.8 Å². The molecule has 3 atom stereocenters. The third-order valence-corrected chi connectivity index (χ3v) is 10.1. The Bertz CT molecular complexity index is 2160. The zero-order chi connectivity index (χ0) is 41.2. The van der Waals surface area contributed by atoms with Crippen LogP contribution in [0.4, 0.5) is 4.39 Å². The van der Waals surface area contributed by atoms with E-state index < -0.39 is 54.0 Å². The van der Waals surface area contributed by atoms with Gasteiger partial charge in [-0.2, -0.15) is 0 Å². The van der Waals surface area contributed by atoms with Crippen LogP contribution in [0.25, 0.3) is 22.2 Å². The summed E-state index contributed by atoms with van der Waals surface area (Å²) in [6, 6.07) is 17.2. The molecule has 0 radical (unpaired) electrons. The van der Waals surface area contributed by atoms with Crippen molar-refractivity contribution in [3.05, 3.63) is 83.7 Å². The van der Waals surface area contributed by atoms with E-state index in [1.165, 1.54) is 17.0 Å². The highest BCUT2D eigenvalue weighted by Gasteiger charge is 2.49. The van der Waals surface area contributed by atoms with Gasteiger partial charge in [-0.05, 0) is 62.6 Å². The fourth-order valence-corrected chi connectivity index (χ4v) is 7.27. The molecule has 0 aliphatic carbocycles. The number of rotatable bonds is 20. The molecule has 6 rings (SSSR count). The lowest BCUT2D eigenvalue weighted by Crippen LogP contribution is -2.64. The second-order valence-corrected chi connectivity index (χ2v) is 14.2. The Morgan fingerprint density at radius 2 is 1.78 bits per heavy atom. The number of likely N-dealkylation sites (tertiary alicyclic amines) is 1. The maximum Gasteiger partial charge on any atom is 0.325 e. The third-order valence-electron chi connectivity index (χ3n) is 10.1. The van der Waals surface area contributed by atoms with Crippen LogP contribution in [-0.2, 0) is 51.5 Å². The number of aromatic nitrogens is 1. The zero-order valence-corrected chi connectivity index (χ0v) is 32.5. The number of nitrogens with one attached hydrogen (secondary N) is 3. The van der Waals surface area contributed by atoms with Gasteiger partial charge in [0.1, 0.15) is 49.7 Å². The third kappa shape index (κ3) is 10.2. The van der Waals surface area contributed by atoms with Crippen molar-refractivity contribution in [3.63, 3.8) is 0 Å². The lowest BCUT2D eigenvalue weighted by molar-refractivity contribution is -0.167. The Labute approximate surface area is 334 Å². The summed E-state index contributed by atoms with van der Waals surface area (Å²) in [7, 11) is 0. The highest BCUT2D eigenvalue weighted by molar-refractivity contribution is 5.96. The van der Waals surface area contributed by atoms with Crippen molar-refractivity contribution in [1.82, 2.24) is 20.5 Å². The van der Waals surface area contributed by atoms with Gasteiger partial charge in [-0.1, -0.05) is 36.8 Å². The number of hydrogen-bond acceptors (Lipinski definition) is 10. The molecule has 1 fully saturated rings. The predicted molar refractivity (Wildman–Crippen MR) is 209 cm³/mol. The van der Waals surface area contributed by atoms with Crippen molar-refractivity contribution in [2.75, 3.05) is 26.3 Å². The van der Waals surface area contributed by atoms with Gasteiger partial charge in [0, 0.05) is 53.9 Å². The van der Waals surface area contributed by atoms with E-state index >= 15 is 0 Å². The molecule has 3 N–H and O–H groups in total. The normalized spacial score (nSPS) is 15.9. The number of likely N-dealkylation sites (N-methyl/N-ethyl adjacent to an activating group) is 1. The van der Waals surface area contributed by atoms with E-state index in [0.29, 0.717) is 30.9 Å². The van der Waals surface area contributed by atoms with Crippen LogP contribution in [0, 0.1) is 11.7 Å². The lowest BCUT2D eigenvalue weighted by Gasteiger charge is -2.46. The monoisotopic (exact) mass is 798 g/mol. The van der Waals surface area contributed by atoms with Crippen molar-refractivity contribution in [1.29, 1.82) is 0 Å². The first-order valence-electron chi connectivity index (χ1n) is 19.5. The van der Waals surface area contributed by atoms with Gasteiger partial charge >= 0.3 is 11.9 Å². The Hall–Kier alpha value is -6.25. The number of amides is 3. The van der Waals surface area contributed by atoms with Crippen LogP contribution in [0.1, 0.15) is 63.5 Å². The number of aromatic amines is 1. The van der Waals surface area contributed by atoms with Gasteiger partial charge in [-0.25, -0.2) is 4.39 Å². The molecule has 4 aromatic rings.